The molecule has 2 aliphatic heterocycles. The maximum atomic E-state index is 14.0. The molecule has 4 aromatic rings. The molecular formula is C37H44BN4O6. The van der Waals surface area contributed by atoms with Crippen LogP contribution in [0.3, 0.4) is 0 Å². The Morgan fingerprint density at radius 2 is 1.90 bits per heavy atom. The second-order valence-electron chi connectivity index (χ2n) is 15.0. The van der Waals surface area contributed by atoms with Crippen LogP contribution in [0, 0.1) is 17.8 Å². The molecule has 11 heteroatoms. The molecule has 48 heavy (non-hydrogen) atoms. The first-order valence-electron chi connectivity index (χ1n) is 16.8. The lowest BCUT2D eigenvalue weighted by molar-refractivity contribution is -0.137. The van der Waals surface area contributed by atoms with Gasteiger partial charge < -0.3 is 34.4 Å². The van der Waals surface area contributed by atoms with Crippen molar-refractivity contribution in [2.45, 2.75) is 90.8 Å². The van der Waals surface area contributed by atoms with Crippen molar-refractivity contribution in [3.8, 4) is 16.9 Å². The highest BCUT2D eigenvalue weighted by molar-refractivity contribution is 6.47. The van der Waals surface area contributed by atoms with Crippen LogP contribution in [0.25, 0.3) is 32.9 Å². The van der Waals surface area contributed by atoms with Crippen molar-refractivity contribution < 1.29 is 28.8 Å². The van der Waals surface area contributed by atoms with Gasteiger partial charge in [0.15, 0.2) is 0 Å². The molecule has 3 aliphatic rings. The molecule has 251 valence electrons. The zero-order chi connectivity index (χ0) is 34.3. The minimum Gasteiger partial charge on any atom is -0.488 e. The Hall–Kier alpha value is -4.09. The van der Waals surface area contributed by atoms with Crippen LogP contribution in [0.2, 0.25) is 0 Å². The minimum atomic E-state index is -1.01. The summed E-state index contributed by atoms with van der Waals surface area (Å²) in [7, 11) is 3.00. The third-order valence-electron chi connectivity index (χ3n) is 11.0. The number of piperidine rings is 1. The molecule has 5 unspecified atom stereocenters. The second-order valence-corrected chi connectivity index (χ2v) is 15.0. The number of hydrogen-bond donors (Lipinski definition) is 3. The Labute approximate surface area is 281 Å². The van der Waals surface area contributed by atoms with E-state index in [0.717, 1.165) is 62.0 Å². The summed E-state index contributed by atoms with van der Waals surface area (Å²) in [5, 5.41) is 15.2. The maximum absolute atomic E-state index is 14.0. The molecule has 1 saturated carbocycles. The fraction of sp³-hybridized carbons (Fsp3) is 0.486. The van der Waals surface area contributed by atoms with E-state index >= 15 is 0 Å². The number of imidazole rings is 1. The quantitative estimate of drug-likeness (QED) is 0.219. The zero-order valence-electron chi connectivity index (χ0n) is 28.9. The molecule has 3 N–H and O–H groups in total. The number of hydrogen-bond acceptors (Lipinski definition) is 7. The molecule has 0 bridgehead atoms. The van der Waals surface area contributed by atoms with Gasteiger partial charge in [0.25, 0.3) is 0 Å². The number of aliphatic hydroxyl groups is 1. The van der Waals surface area contributed by atoms with E-state index in [2.05, 4.69) is 47.6 Å². The molecule has 2 amide bonds. The van der Waals surface area contributed by atoms with E-state index in [9.17, 15) is 14.7 Å². The van der Waals surface area contributed by atoms with Crippen molar-refractivity contribution in [2.75, 3.05) is 7.11 Å². The highest BCUT2D eigenvalue weighted by Gasteiger charge is 2.61. The number of nitrogens with one attached hydrogen (secondary N) is 2. The van der Waals surface area contributed by atoms with Crippen molar-refractivity contribution in [1.29, 1.82) is 0 Å². The van der Waals surface area contributed by atoms with E-state index < -0.39 is 23.3 Å². The molecule has 2 fully saturated rings. The standard InChI is InChI=1S/C37H44BN4O6/c1-18(2)30(41-35(44)46-8)34(43)42-28(15-24-19(3)32(24)42)33-39-27-12-9-20-14-26-23-11-10-22(38-48-37(6,7)36(4,5)45)13-21(23)17-47-29(26)16-25(20)31(27)40-33/h9-14,16,18-19,24,28,30,32,45H,15,17H2,1-8H3,(H,39,40)(H,41,44). The fourth-order valence-electron chi connectivity index (χ4n) is 7.24. The van der Waals surface area contributed by atoms with Crippen LogP contribution in [0.4, 0.5) is 4.79 Å². The monoisotopic (exact) mass is 651 g/mol. The van der Waals surface area contributed by atoms with Crippen molar-refractivity contribution in [2.24, 2.45) is 17.8 Å². The molecule has 1 radical (unpaired) electrons. The number of methoxy groups -OCH3 is 1. The molecule has 1 aromatic heterocycles. The molecule has 3 heterocycles. The van der Waals surface area contributed by atoms with Crippen LogP contribution >= 0.6 is 0 Å². The first-order chi connectivity index (χ1) is 22.7. The Balaban J connectivity index is 1.19. The number of nitrogens with zero attached hydrogens (tertiary/aromatic N) is 2. The number of aromatic nitrogens is 2. The Morgan fingerprint density at radius 3 is 2.60 bits per heavy atom. The van der Waals surface area contributed by atoms with Gasteiger partial charge in [-0.25, -0.2) is 9.78 Å². The van der Waals surface area contributed by atoms with Crippen LogP contribution in [-0.4, -0.2) is 69.9 Å². The van der Waals surface area contributed by atoms with Gasteiger partial charge >= 0.3 is 13.6 Å². The summed E-state index contributed by atoms with van der Waals surface area (Å²) in [5.41, 5.74) is 4.05. The predicted molar refractivity (Wildman–Crippen MR) is 185 cm³/mol. The first-order valence-corrected chi connectivity index (χ1v) is 16.8. The Bertz CT molecular complexity index is 1930. The number of carbonyl (C=O) groups is 2. The van der Waals surface area contributed by atoms with Gasteiger partial charge in [-0.3, -0.25) is 4.79 Å². The number of rotatable bonds is 8. The number of ether oxygens (including phenoxy) is 2. The Kier molecular flexibility index (Phi) is 7.79. The molecule has 10 nitrogen and oxygen atoms in total. The van der Waals surface area contributed by atoms with Crippen LogP contribution in [0.15, 0.2) is 42.5 Å². The number of likely N-dealkylation sites (tertiary alicyclic amines) is 1. The van der Waals surface area contributed by atoms with Gasteiger partial charge in [-0.2, -0.15) is 0 Å². The summed E-state index contributed by atoms with van der Waals surface area (Å²) in [6.07, 6.45) is 0.216. The van der Waals surface area contributed by atoms with Crippen LogP contribution in [-0.2, 0) is 20.8 Å². The smallest absolute Gasteiger partial charge is 0.407 e. The van der Waals surface area contributed by atoms with Gasteiger partial charge in [0.05, 0.1) is 35.4 Å². The van der Waals surface area contributed by atoms with Crippen LogP contribution in [0.1, 0.15) is 72.3 Å². The molecule has 3 aromatic carbocycles. The fourth-order valence-corrected chi connectivity index (χ4v) is 7.24. The van der Waals surface area contributed by atoms with E-state index in [4.69, 9.17) is 19.1 Å². The van der Waals surface area contributed by atoms with E-state index in [1.807, 2.05) is 44.7 Å². The molecule has 0 spiro atoms. The summed E-state index contributed by atoms with van der Waals surface area (Å²) < 4.78 is 17.1. The third-order valence-corrected chi connectivity index (χ3v) is 11.0. The lowest BCUT2D eigenvalue weighted by Gasteiger charge is -2.37. The van der Waals surface area contributed by atoms with Crippen molar-refractivity contribution in [1.82, 2.24) is 20.2 Å². The summed E-state index contributed by atoms with van der Waals surface area (Å²) in [6, 6.07) is 13.8. The molecule has 7 rings (SSSR count). The highest BCUT2D eigenvalue weighted by Crippen LogP contribution is 2.57. The van der Waals surface area contributed by atoms with E-state index in [0.29, 0.717) is 18.4 Å². The van der Waals surface area contributed by atoms with Gasteiger partial charge in [0, 0.05) is 17.0 Å². The molecule has 1 aliphatic carbocycles. The lowest BCUT2D eigenvalue weighted by atomic mass is 9.80. The average molecular weight is 652 g/mol. The summed E-state index contributed by atoms with van der Waals surface area (Å²) in [6.45, 7) is 13.7. The number of aromatic amines is 1. The molecule has 5 atom stereocenters. The van der Waals surface area contributed by atoms with Crippen LogP contribution < -0.4 is 15.5 Å². The van der Waals surface area contributed by atoms with E-state index in [1.54, 1.807) is 21.3 Å². The predicted octanol–water partition coefficient (Wildman–Crippen LogP) is 5.37. The molecular weight excluding hydrogens is 607 g/mol. The van der Waals surface area contributed by atoms with Crippen molar-refractivity contribution in [3.05, 3.63) is 53.9 Å². The molecule has 1 saturated heterocycles. The zero-order valence-corrected chi connectivity index (χ0v) is 28.9. The lowest BCUT2D eigenvalue weighted by Crippen LogP contribution is -2.52. The Morgan fingerprint density at radius 1 is 1.12 bits per heavy atom. The normalized spacial score (nSPS) is 22.2. The van der Waals surface area contributed by atoms with E-state index in [-0.39, 0.29) is 23.9 Å². The SMILES string of the molecule is COC(=O)NC(C(=O)N1C(c2nc3c(ccc4cc5c(cc43)OCc3cc([B]OC(C)(C)C(C)(C)O)ccc3-5)[nH]2)CC2C(C)C21)C(C)C. The summed E-state index contributed by atoms with van der Waals surface area (Å²) in [5.74, 6) is 2.17. The van der Waals surface area contributed by atoms with Crippen molar-refractivity contribution >= 4 is 46.8 Å². The first kappa shape index (κ1) is 32.5. The van der Waals surface area contributed by atoms with Crippen LogP contribution in [0.5, 0.6) is 5.75 Å². The minimum absolute atomic E-state index is 0.100. The number of amides is 2. The number of fused-ring (bicyclic) bond motifs is 7. The number of H-pyrrole nitrogens is 1. The largest absolute Gasteiger partial charge is 0.488 e. The second kappa shape index (κ2) is 11.5. The topological polar surface area (TPSA) is 126 Å². The van der Waals surface area contributed by atoms with Gasteiger partial charge in [-0.1, -0.05) is 50.5 Å². The number of benzene rings is 3. The van der Waals surface area contributed by atoms with Gasteiger partial charge in [-0.05, 0) is 86.6 Å². The number of alkyl carbamates (subject to hydrolysis) is 1. The van der Waals surface area contributed by atoms with Gasteiger partial charge in [0.2, 0.25) is 5.91 Å². The summed E-state index contributed by atoms with van der Waals surface area (Å²) in [4.78, 5) is 36.8. The maximum Gasteiger partial charge on any atom is 0.407 e. The highest BCUT2D eigenvalue weighted by atomic mass is 16.5. The average Bonchev–Trinajstić information content (AvgIpc) is 3.36. The van der Waals surface area contributed by atoms with E-state index in [1.165, 1.54) is 7.11 Å². The number of carbonyl (C=O) groups excluding carboxylic acids is 2. The summed E-state index contributed by atoms with van der Waals surface area (Å²) >= 11 is 0. The van der Waals surface area contributed by atoms with Gasteiger partial charge in [0.1, 0.15) is 24.2 Å². The van der Waals surface area contributed by atoms with Gasteiger partial charge in [-0.15, -0.1) is 0 Å². The third kappa shape index (κ3) is 5.41. The van der Waals surface area contributed by atoms with Crippen molar-refractivity contribution in [3.63, 3.8) is 0 Å².